The summed E-state index contributed by atoms with van der Waals surface area (Å²) >= 11 is 0. The molecule has 48 heavy (non-hydrogen) atoms. The zero-order valence-electron chi connectivity index (χ0n) is 26.8. The first kappa shape index (κ1) is 27.5. The van der Waals surface area contributed by atoms with Gasteiger partial charge in [0.2, 0.25) is 0 Å². The zero-order chi connectivity index (χ0) is 31.6. The molecule has 1 heterocycles. The molecule has 8 aromatic carbocycles. The fourth-order valence-corrected chi connectivity index (χ4v) is 8.51. The Morgan fingerprint density at radius 2 is 1.02 bits per heavy atom. The first-order valence-corrected chi connectivity index (χ1v) is 17.4. The van der Waals surface area contributed by atoms with Crippen molar-refractivity contribution in [1.82, 2.24) is 0 Å². The molecule has 0 aliphatic heterocycles. The lowest BCUT2D eigenvalue weighted by Crippen LogP contribution is -2.11. The van der Waals surface area contributed by atoms with Crippen molar-refractivity contribution >= 4 is 82.1 Å². The van der Waals surface area contributed by atoms with Gasteiger partial charge < -0.3 is 9.32 Å². The molecule has 0 atom stereocenters. The van der Waals surface area contributed by atoms with Gasteiger partial charge in [-0.25, -0.2) is 0 Å². The SMILES string of the molecule is c1ccc2c(c1)ccc1cc(N(c3cc4ccccc4c4ccccc34)c3cccc4c3oc3c(C5CCCCC5)cccc34)ccc12. The topological polar surface area (TPSA) is 16.4 Å². The number of rotatable bonds is 4. The second-order valence-corrected chi connectivity index (χ2v) is 13.5. The molecule has 10 rings (SSSR count). The van der Waals surface area contributed by atoms with Crippen molar-refractivity contribution < 1.29 is 4.42 Å². The lowest BCUT2D eigenvalue weighted by Gasteiger charge is -2.28. The summed E-state index contributed by atoms with van der Waals surface area (Å²) in [4.78, 5) is 2.44. The number of anilines is 3. The van der Waals surface area contributed by atoms with Gasteiger partial charge in [0.25, 0.3) is 0 Å². The molecular weight excluding hydrogens is 583 g/mol. The fraction of sp³-hybridized carbons (Fsp3) is 0.130. The second-order valence-electron chi connectivity index (χ2n) is 13.5. The minimum Gasteiger partial charge on any atom is -0.454 e. The van der Waals surface area contributed by atoms with Crippen LogP contribution in [0.5, 0.6) is 0 Å². The summed E-state index contributed by atoms with van der Waals surface area (Å²) in [5.74, 6) is 0.558. The molecule has 0 bridgehead atoms. The van der Waals surface area contributed by atoms with Crippen molar-refractivity contribution in [1.29, 1.82) is 0 Å². The third kappa shape index (κ3) is 4.26. The van der Waals surface area contributed by atoms with Gasteiger partial charge in [-0.1, -0.05) is 141 Å². The third-order valence-corrected chi connectivity index (χ3v) is 10.8. The molecule has 0 radical (unpaired) electrons. The Labute approximate surface area is 279 Å². The van der Waals surface area contributed by atoms with Gasteiger partial charge >= 0.3 is 0 Å². The summed E-state index contributed by atoms with van der Waals surface area (Å²) in [5, 5.41) is 12.3. The highest BCUT2D eigenvalue weighted by atomic mass is 16.3. The highest BCUT2D eigenvalue weighted by Gasteiger charge is 2.25. The predicted molar refractivity (Wildman–Crippen MR) is 204 cm³/mol. The molecule has 0 saturated heterocycles. The van der Waals surface area contributed by atoms with Crippen LogP contribution < -0.4 is 4.90 Å². The molecule has 230 valence electrons. The van der Waals surface area contributed by atoms with Gasteiger partial charge in [0.1, 0.15) is 5.58 Å². The maximum Gasteiger partial charge on any atom is 0.159 e. The highest BCUT2D eigenvalue weighted by Crippen LogP contribution is 2.48. The van der Waals surface area contributed by atoms with Gasteiger partial charge in [-0.3, -0.25) is 0 Å². The van der Waals surface area contributed by atoms with E-state index in [-0.39, 0.29) is 0 Å². The Bertz CT molecular complexity index is 2680. The van der Waals surface area contributed by atoms with E-state index < -0.39 is 0 Å². The van der Waals surface area contributed by atoms with E-state index in [0.717, 1.165) is 28.2 Å². The number of furan rings is 1. The fourth-order valence-electron chi connectivity index (χ4n) is 8.51. The van der Waals surface area contributed by atoms with Crippen molar-refractivity contribution in [3.63, 3.8) is 0 Å². The molecular formula is C46H35NO. The Hall–Kier alpha value is -5.60. The molecule has 1 fully saturated rings. The van der Waals surface area contributed by atoms with Crippen LogP contribution >= 0.6 is 0 Å². The summed E-state index contributed by atoms with van der Waals surface area (Å²) in [6.07, 6.45) is 6.42. The van der Waals surface area contributed by atoms with Gasteiger partial charge in [0.05, 0.1) is 11.4 Å². The van der Waals surface area contributed by atoms with Crippen LogP contribution in [0.2, 0.25) is 0 Å². The standard InChI is InChI=1S/C46H35NO/c1-2-12-30(13-3-1)38-20-10-21-41-42-22-11-23-43(46(42)48-45(38)41)47(34-26-27-37-33(28-34)25-24-31-14-4-6-16-35(31)37)44-29-32-15-5-7-17-36(32)39-18-8-9-19-40(39)44/h4-11,14-30H,1-3,12-13H2. The van der Waals surface area contributed by atoms with Crippen LogP contribution in [-0.4, -0.2) is 0 Å². The van der Waals surface area contributed by atoms with Gasteiger partial charge in [-0.05, 0) is 86.3 Å². The monoisotopic (exact) mass is 617 g/mol. The summed E-state index contributed by atoms with van der Waals surface area (Å²) < 4.78 is 7.09. The lowest BCUT2D eigenvalue weighted by molar-refractivity contribution is 0.442. The number of fused-ring (bicyclic) bond motifs is 9. The number of para-hydroxylation sites is 2. The van der Waals surface area contributed by atoms with Crippen LogP contribution in [0.4, 0.5) is 17.1 Å². The smallest absolute Gasteiger partial charge is 0.159 e. The predicted octanol–water partition coefficient (Wildman–Crippen LogP) is 13.7. The minimum absolute atomic E-state index is 0.558. The molecule has 2 nitrogen and oxygen atoms in total. The molecule has 0 N–H and O–H groups in total. The summed E-state index contributed by atoms with van der Waals surface area (Å²) in [5.41, 5.74) is 6.67. The Morgan fingerprint density at radius 1 is 0.417 bits per heavy atom. The van der Waals surface area contributed by atoms with Crippen molar-refractivity contribution in [2.45, 2.75) is 38.0 Å². The van der Waals surface area contributed by atoms with Crippen LogP contribution in [0.1, 0.15) is 43.6 Å². The van der Waals surface area contributed by atoms with Gasteiger partial charge in [-0.15, -0.1) is 0 Å². The van der Waals surface area contributed by atoms with Crippen LogP contribution in [0.25, 0.3) is 65.0 Å². The molecule has 0 spiro atoms. The average molecular weight is 618 g/mol. The van der Waals surface area contributed by atoms with Crippen molar-refractivity contribution in [2.75, 3.05) is 4.90 Å². The van der Waals surface area contributed by atoms with E-state index in [2.05, 4.69) is 150 Å². The molecule has 1 aliphatic rings. The Morgan fingerprint density at radius 3 is 1.85 bits per heavy atom. The Balaban J connectivity index is 1.28. The maximum absolute atomic E-state index is 7.09. The number of benzene rings is 8. The molecule has 9 aromatic rings. The second kappa shape index (κ2) is 11.0. The zero-order valence-corrected chi connectivity index (χ0v) is 26.8. The van der Waals surface area contributed by atoms with Gasteiger partial charge in [0.15, 0.2) is 5.58 Å². The molecule has 0 unspecified atom stereocenters. The van der Waals surface area contributed by atoms with E-state index in [0.29, 0.717) is 5.92 Å². The number of nitrogens with zero attached hydrogens (tertiary/aromatic N) is 1. The van der Waals surface area contributed by atoms with Crippen LogP contribution in [-0.2, 0) is 0 Å². The normalized spacial score (nSPS) is 14.2. The third-order valence-electron chi connectivity index (χ3n) is 10.8. The van der Waals surface area contributed by atoms with E-state index in [9.17, 15) is 0 Å². The van der Waals surface area contributed by atoms with Crippen LogP contribution in [0.15, 0.2) is 150 Å². The molecule has 0 amide bonds. The molecule has 2 heteroatoms. The van der Waals surface area contributed by atoms with E-state index in [1.165, 1.54) is 91.5 Å². The van der Waals surface area contributed by atoms with Crippen molar-refractivity contribution in [3.8, 4) is 0 Å². The quantitative estimate of drug-likeness (QED) is 0.183. The minimum atomic E-state index is 0.558. The number of hydrogen-bond acceptors (Lipinski definition) is 2. The summed E-state index contributed by atoms with van der Waals surface area (Å²) in [6.45, 7) is 0. The molecule has 1 aromatic heterocycles. The van der Waals surface area contributed by atoms with E-state index in [1.807, 2.05) is 0 Å². The Kier molecular flexibility index (Phi) is 6.30. The first-order valence-electron chi connectivity index (χ1n) is 17.4. The van der Waals surface area contributed by atoms with E-state index in [4.69, 9.17) is 4.42 Å². The van der Waals surface area contributed by atoms with Crippen LogP contribution in [0, 0.1) is 0 Å². The largest absolute Gasteiger partial charge is 0.454 e. The number of hydrogen-bond donors (Lipinski definition) is 0. The highest BCUT2D eigenvalue weighted by molar-refractivity contribution is 6.17. The van der Waals surface area contributed by atoms with Crippen molar-refractivity contribution in [2.24, 2.45) is 0 Å². The van der Waals surface area contributed by atoms with E-state index >= 15 is 0 Å². The van der Waals surface area contributed by atoms with Crippen LogP contribution in [0.3, 0.4) is 0 Å². The van der Waals surface area contributed by atoms with Crippen molar-refractivity contribution in [3.05, 3.63) is 151 Å². The average Bonchev–Trinajstić information content (AvgIpc) is 3.55. The molecule has 1 aliphatic carbocycles. The lowest BCUT2D eigenvalue weighted by atomic mass is 9.83. The first-order chi connectivity index (χ1) is 23.8. The summed E-state index contributed by atoms with van der Waals surface area (Å²) in [7, 11) is 0. The summed E-state index contributed by atoms with van der Waals surface area (Å²) in [6, 6.07) is 53.5. The van der Waals surface area contributed by atoms with Gasteiger partial charge in [-0.2, -0.15) is 0 Å². The molecule has 1 saturated carbocycles. The maximum atomic E-state index is 7.09. The van der Waals surface area contributed by atoms with Gasteiger partial charge in [0, 0.05) is 21.8 Å². The van der Waals surface area contributed by atoms with E-state index in [1.54, 1.807) is 0 Å².